The number of para-hydroxylation sites is 1. The first-order chi connectivity index (χ1) is 18.9. The van der Waals surface area contributed by atoms with Crippen LogP contribution in [0.3, 0.4) is 0 Å². The highest BCUT2D eigenvalue weighted by Crippen LogP contribution is 2.37. The van der Waals surface area contributed by atoms with E-state index in [1.165, 1.54) is 12.3 Å². The SMILES string of the molecule is COCC[C@@H]1C[C@@H](NC(=O)Nc2c(C)c(-c3cnn(C)c3)nn2-c2ccccc2)[C@H](c2ccnc(F)c2)N1C. The lowest BCUT2D eigenvalue weighted by atomic mass is 10.0. The summed E-state index contributed by atoms with van der Waals surface area (Å²) >= 11 is 0. The topological polar surface area (TPSA) is 102 Å². The van der Waals surface area contributed by atoms with Crippen molar-refractivity contribution in [3.05, 3.63) is 78.1 Å². The van der Waals surface area contributed by atoms with Gasteiger partial charge in [0.15, 0.2) is 0 Å². The van der Waals surface area contributed by atoms with Crippen LogP contribution in [0.15, 0.2) is 61.1 Å². The number of aryl methyl sites for hydroxylation is 1. The van der Waals surface area contributed by atoms with Crippen molar-refractivity contribution < 1.29 is 13.9 Å². The van der Waals surface area contributed by atoms with Crippen LogP contribution in [-0.4, -0.2) is 68.3 Å². The summed E-state index contributed by atoms with van der Waals surface area (Å²) in [4.78, 5) is 19.4. The van der Waals surface area contributed by atoms with Crippen LogP contribution in [0.25, 0.3) is 16.9 Å². The molecular formula is C28H33FN8O2. The summed E-state index contributed by atoms with van der Waals surface area (Å²) in [6.45, 7) is 2.52. The number of methoxy groups -OCH3 is 1. The van der Waals surface area contributed by atoms with E-state index in [9.17, 15) is 9.18 Å². The maximum absolute atomic E-state index is 14.1. The number of nitrogens with zero attached hydrogens (tertiary/aromatic N) is 6. The van der Waals surface area contributed by atoms with Gasteiger partial charge in [-0.2, -0.15) is 14.6 Å². The minimum Gasteiger partial charge on any atom is -0.385 e. The molecule has 3 aromatic heterocycles. The number of ether oxygens (including phenoxy) is 1. The number of carbonyl (C=O) groups is 1. The summed E-state index contributed by atoms with van der Waals surface area (Å²) in [5.41, 5.74) is 3.98. The molecule has 1 aliphatic heterocycles. The molecule has 1 aliphatic rings. The Bertz CT molecular complexity index is 1440. The fourth-order valence-electron chi connectivity index (χ4n) is 5.41. The number of carbonyl (C=O) groups excluding carboxylic acids is 1. The number of rotatable bonds is 8. The normalized spacial score (nSPS) is 19.4. The monoisotopic (exact) mass is 532 g/mol. The molecule has 0 bridgehead atoms. The van der Waals surface area contributed by atoms with Gasteiger partial charge in [0, 0.05) is 50.3 Å². The molecular weight excluding hydrogens is 499 g/mol. The van der Waals surface area contributed by atoms with Crippen molar-refractivity contribution in [2.75, 3.05) is 26.1 Å². The molecule has 3 atom stereocenters. The first-order valence-corrected chi connectivity index (χ1v) is 12.9. The fraction of sp³-hybridized carbons (Fsp3) is 0.357. The molecule has 0 radical (unpaired) electrons. The maximum Gasteiger partial charge on any atom is 0.320 e. The zero-order valence-electron chi connectivity index (χ0n) is 22.5. The number of pyridine rings is 1. The number of nitrogens with one attached hydrogen (secondary N) is 2. The molecule has 4 aromatic rings. The van der Waals surface area contributed by atoms with Crippen molar-refractivity contribution in [2.45, 2.75) is 37.9 Å². The van der Waals surface area contributed by atoms with E-state index in [4.69, 9.17) is 9.84 Å². The molecule has 11 heteroatoms. The second-order valence-electron chi connectivity index (χ2n) is 9.87. The molecule has 4 heterocycles. The van der Waals surface area contributed by atoms with Gasteiger partial charge in [0.25, 0.3) is 0 Å². The van der Waals surface area contributed by atoms with Crippen molar-refractivity contribution in [1.82, 2.24) is 34.8 Å². The molecule has 39 heavy (non-hydrogen) atoms. The molecule has 0 spiro atoms. The lowest BCUT2D eigenvalue weighted by Gasteiger charge is -2.28. The molecule has 5 rings (SSSR count). The second kappa shape index (κ2) is 11.3. The number of likely N-dealkylation sites (N-methyl/N-ethyl adjacent to an activating group) is 1. The van der Waals surface area contributed by atoms with Gasteiger partial charge in [-0.1, -0.05) is 18.2 Å². The summed E-state index contributed by atoms with van der Waals surface area (Å²) in [5, 5.41) is 15.3. The van der Waals surface area contributed by atoms with E-state index in [-0.39, 0.29) is 24.2 Å². The summed E-state index contributed by atoms with van der Waals surface area (Å²) < 4.78 is 22.8. The van der Waals surface area contributed by atoms with Crippen LogP contribution in [0.2, 0.25) is 0 Å². The summed E-state index contributed by atoms with van der Waals surface area (Å²) in [5.74, 6) is 0.0149. The Labute approximate surface area is 226 Å². The average Bonchev–Trinajstić information content (AvgIpc) is 3.58. The molecule has 0 saturated carbocycles. The van der Waals surface area contributed by atoms with Crippen molar-refractivity contribution in [1.29, 1.82) is 0 Å². The van der Waals surface area contributed by atoms with Gasteiger partial charge in [0.2, 0.25) is 5.95 Å². The molecule has 0 unspecified atom stereocenters. The van der Waals surface area contributed by atoms with Crippen molar-refractivity contribution >= 4 is 11.8 Å². The quantitative estimate of drug-likeness (QED) is 0.332. The van der Waals surface area contributed by atoms with Crippen LogP contribution in [0, 0.1) is 12.9 Å². The predicted octanol–water partition coefficient (Wildman–Crippen LogP) is 4.09. The molecule has 1 saturated heterocycles. The zero-order valence-corrected chi connectivity index (χ0v) is 22.5. The summed E-state index contributed by atoms with van der Waals surface area (Å²) in [6.07, 6.45) is 6.59. The molecule has 1 aromatic carbocycles. The van der Waals surface area contributed by atoms with Crippen LogP contribution in [0.5, 0.6) is 0 Å². The Kier molecular flexibility index (Phi) is 7.71. The summed E-state index contributed by atoms with van der Waals surface area (Å²) in [7, 11) is 5.52. The van der Waals surface area contributed by atoms with Gasteiger partial charge in [-0.05, 0) is 56.6 Å². The molecule has 10 nitrogen and oxygen atoms in total. The Balaban J connectivity index is 1.43. The minimum absolute atomic E-state index is 0.158. The number of likely N-dealkylation sites (tertiary alicyclic amines) is 1. The van der Waals surface area contributed by atoms with E-state index < -0.39 is 5.95 Å². The van der Waals surface area contributed by atoms with Crippen LogP contribution < -0.4 is 10.6 Å². The Morgan fingerprint density at radius 2 is 2.00 bits per heavy atom. The van der Waals surface area contributed by atoms with Crippen LogP contribution >= 0.6 is 0 Å². The number of aromatic nitrogens is 5. The van der Waals surface area contributed by atoms with Gasteiger partial charge in [0.05, 0.1) is 24.0 Å². The number of urea groups is 1. The van der Waals surface area contributed by atoms with E-state index >= 15 is 0 Å². The Morgan fingerprint density at radius 3 is 2.69 bits per heavy atom. The Hall–Kier alpha value is -4.09. The average molecular weight is 533 g/mol. The van der Waals surface area contributed by atoms with Gasteiger partial charge in [0.1, 0.15) is 11.5 Å². The van der Waals surface area contributed by atoms with Gasteiger partial charge in [-0.25, -0.2) is 14.5 Å². The van der Waals surface area contributed by atoms with E-state index in [0.717, 1.165) is 34.5 Å². The number of amides is 2. The molecule has 2 N–H and O–H groups in total. The largest absolute Gasteiger partial charge is 0.385 e. The van der Waals surface area contributed by atoms with Gasteiger partial charge >= 0.3 is 6.03 Å². The number of halogens is 1. The van der Waals surface area contributed by atoms with E-state index in [1.54, 1.807) is 28.7 Å². The molecule has 1 fully saturated rings. The van der Waals surface area contributed by atoms with Crippen molar-refractivity contribution in [3.8, 4) is 16.9 Å². The highest BCUT2D eigenvalue weighted by molar-refractivity contribution is 5.91. The van der Waals surface area contributed by atoms with Gasteiger partial charge in [-0.15, -0.1) is 0 Å². The fourth-order valence-corrected chi connectivity index (χ4v) is 5.41. The van der Waals surface area contributed by atoms with Crippen LogP contribution in [-0.2, 0) is 11.8 Å². The third-order valence-electron chi connectivity index (χ3n) is 7.32. The highest BCUT2D eigenvalue weighted by atomic mass is 19.1. The van der Waals surface area contributed by atoms with Gasteiger partial charge in [-0.3, -0.25) is 14.9 Å². The first kappa shape index (κ1) is 26.5. The minimum atomic E-state index is -0.547. The third kappa shape index (κ3) is 5.55. The smallest absolute Gasteiger partial charge is 0.320 e. The van der Waals surface area contributed by atoms with Crippen molar-refractivity contribution in [3.63, 3.8) is 0 Å². The maximum atomic E-state index is 14.1. The van der Waals surface area contributed by atoms with Crippen LogP contribution in [0.1, 0.15) is 30.0 Å². The van der Waals surface area contributed by atoms with E-state index in [2.05, 4.69) is 25.6 Å². The molecule has 0 aliphatic carbocycles. The van der Waals surface area contributed by atoms with E-state index in [1.807, 2.05) is 57.5 Å². The molecule has 2 amide bonds. The standard InChI is InChI=1S/C28H33FN8O2/c1-18-25(20-16-31-35(2)17-20)34-37(21-8-6-5-7-9-21)27(18)33-28(38)32-23-15-22(11-13-39-4)36(3)26(23)19-10-12-30-24(29)14-19/h5-10,12,14,16-17,22-23,26H,11,13,15H2,1-4H3,(H2,32,33,38)/t22-,23-,26+/m1/s1. The highest BCUT2D eigenvalue weighted by Gasteiger charge is 2.40. The van der Waals surface area contributed by atoms with Gasteiger partial charge < -0.3 is 10.1 Å². The predicted molar refractivity (Wildman–Crippen MR) is 146 cm³/mol. The number of benzene rings is 1. The number of hydrogen-bond donors (Lipinski definition) is 2. The number of anilines is 1. The first-order valence-electron chi connectivity index (χ1n) is 12.9. The molecule has 204 valence electrons. The lowest BCUT2D eigenvalue weighted by molar-refractivity contribution is 0.150. The third-order valence-corrected chi connectivity index (χ3v) is 7.32. The van der Waals surface area contributed by atoms with Crippen molar-refractivity contribution in [2.24, 2.45) is 7.05 Å². The lowest BCUT2D eigenvalue weighted by Crippen LogP contribution is -2.41. The zero-order chi connectivity index (χ0) is 27.5. The van der Waals surface area contributed by atoms with Crippen LogP contribution in [0.4, 0.5) is 15.0 Å². The second-order valence-corrected chi connectivity index (χ2v) is 9.87. The number of hydrogen-bond acceptors (Lipinski definition) is 6. The Morgan fingerprint density at radius 1 is 1.21 bits per heavy atom. The van der Waals surface area contributed by atoms with E-state index in [0.29, 0.717) is 18.8 Å². The summed E-state index contributed by atoms with van der Waals surface area (Å²) in [6, 6.07) is 12.2.